The van der Waals surface area contributed by atoms with E-state index in [2.05, 4.69) is 12.1 Å². The van der Waals surface area contributed by atoms with Crippen molar-refractivity contribution < 1.29 is 0 Å². The summed E-state index contributed by atoms with van der Waals surface area (Å²) in [6, 6.07) is 31.5. The van der Waals surface area contributed by atoms with Crippen LogP contribution < -0.4 is 5.56 Å². The first-order chi connectivity index (χ1) is 13.3. The zero-order valence-electron chi connectivity index (χ0n) is 14.5. The van der Waals surface area contributed by atoms with Crippen molar-refractivity contribution in [1.29, 1.82) is 0 Å². The molecule has 4 aromatic carbocycles. The summed E-state index contributed by atoms with van der Waals surface area (Å²) >= 11 is 0. The highest BCUT2D eigenvalue weighted by molar-refractivity contribution is 5.85. The molecular weight excluding hydrogens is 332 g/mol. The maximum Gasteiger partial charge on any atom is 0.266 e. The number of hydrogen-bond acceptors (Lipinski definition) is 2. The number of rotatable bonds is 2. The van der Waals surface area contributed by atoms with Crippen molar-refractivity contribution in [2.45, 2.75) is 0 Å². The first kappa shape index (κ1) is 15.5. The second-order valence-electron chi connectivity index (χ2n) is 6.49. The summed E-state index contributed by atoms with van der Waals surface area (Å²) in [7, 11) is 0. The Morgan fingerprint density at radius 1 is 0.667 bits per heavy atom. The number of para-hydroxylation sites is 1. The zero-order chi connectivity index (χ0) is 18.2. The molecule has 27 heavy (non-hydrogen) atoms. The fourth-order valence-electron chi connectivity index (χ4n) is 3.47. The standard InChI is InChI=1S/C24H16N2O/c27-24-21-12-6-7-13-22(21)25-23(18-9-2-1-3-10-18)26(24)20-15-14-17-8-4-5-11-19(17)16-20/h1-16H. The summed E-state index contributed by atoms with van der Waals surface area (Å²) in [5.74, 6) is 0.648. The van der Waals surface area contributed by atoms with Gasteiger partial charge in [-0.05, 0) is 35.0 Å². The highest BCUT2D eigenvalue weighted by Gasteiger charge is 2.14. The molecule has 0 saturated carbocycles. The van der Waals surface area contributed by atoms with Gasteiger partial charge in [-0.25, -0.2) is 4.98 Å². The quantitative estimate of drug-likeness (QED) is 0.439. The Labute approximate surface area is 156 Å². The molecule has 5 aromatic rings. The molecule has 1 aromatic heterocycles. The fraction of sp³-hybridized carbons (Fsp3) is 0. The molecule has 5 rings (SSSR count). The average molecular weight is 348 g/mol. The van der Waals surface area contributed by atoms with Crippen LogP contribution in [-0.4, -0.2) is 9.55 Å². The van der Waals surface area contributed by atoms with Gasteiger partial charge in [-0.1, -0.05) is 72.8 Å². The van der Waals surface area contributed by atoms with Crippen molar-refractivity contribution in [3.63, 3.8) is 0 Å². The van der Waals surface area contributed by atoms with Crippen LogP contribution in [0.4, 0.5) is 0 Å². The molecule has 0 spiro atoms. The van der Waals surface area contributed by atoms with Crippen molar-refractivity contribution >= 4 is 21.7 Å². The van der Waals surface area contributed by atoms with Crippen LogP contribution in [0.1, 0.15) is 0 Å². The predicted octanol–water partition coefficient (Wildman–Crippen LogP) is 5.21. The number of aromatic nitrogens is 2. The molecule has 1 heterocycles. The third kappa shape index (κ3) is 2.61. The minimum atomic E-state index is -0.0604. The van der Waals surface area contributed by atoms with Crippen molar-refractivity contribution in [1.82, 2.24) is 9.55 Å². The van der Waals surface area contributed by atoms with Gasteiger partial charge >= 0.3 is 0 Å². The lowest BCUT2D eigenvalue weighted by atomic mass is 10.1. The van der Waals surface area contributed by atoms with Gasteiger partial charge in [0.15, 0.2) is 0 Å². The molecule has 0 saturated heterocycles. The normalized spacial score (nSPS) is 11.1. The van der Waals surface area contributed by atoms with Crippen molar-refractivity contribution in [3.05, 3.63) is 107 Å². The second-order valence-corrected chi connectivity index (χ2v) is 6.49. The van der Waals surface area contributed by atoms with E-state index in [1.54, 1.807) is 4.57 Å². The molecule has 0 aliphatic carbocycles. The van der Waals surface area contributed by atoms with E-state index in [9.17, 15) is 4.79 Å². The minimum Gasteiger partial charge on any atom is -0.268 e. The molecule has 0 bridgehead atoms. The lowest BCUT2D eigenvalue weighted by Gasteiger charge is -2.14. The van der Waals surface area contributed by atoms with Gasteiger partial charge in [0.25, 0.3) is 5.56 Å². The minimum absolute atomic E-state index is 0.0604. The zero-order valence-corrected chi connectivity index (χ0v) is 14.5. The lowest BCUT2D eigenvalue weighted by Crippen LogP contribution is -2.21. The van der Waals surface area contributed by atoms with Gasteiger partial charge in [0.2, 0.25) is 0 Å². The predicted molar refractivity (Wildman–Crippen MR) is 110 cm³/mol. The van der Waals surface area contributed by atoms with Crippen LogP contribution >= 0.6 is 0 Å². The summed E-state index contributed by atoms with van der Waals surface area (Å²) in [5.41, 5.74) is 2.37. The van der Waals surface area contributed by atoms with Crippen molar-refractivity contribution in [2.24, 2.45) is 0 Å². The summed E-state index contributed by atoms with van der Waals surface area (Å²) in [6.45, 7) is 0. The molecule has 0 fully saturated rings. The summed E-state index contributed by atoms with van der Waals surface area (Å²) in [4.78, 5) is 18.2. The third-order valence-electron chi connectivity index (χ3n) is 4.80. The van der Waals surface area contributed by atoms with Crippen LogP contribution in [0, 0.1) is 0 Å². The number of nitrogens with zero attached hydrogens (tertiary/aromatic N) is 2. The topological polar surface area (TPSA) is 34.9 Å². The first-order valence-corrected chi connectivity index (χ1v) is 8.88. The lowest BCUT2D eigenvalue weighted by molar-refractivity contribution is 0.978. The van der Waals surface area contributed by atoms with Crippen LogP contribution in [0.5, 0.6) is 0 Å². The van der Waals surface area contributed by atoms with Gasteiger partial charge in [0.05, 0.1) is 16.6 Å². The van der Waals surface area contributed by atoms with Crippen LogP contribution in [-0.2, 0) is 0 Å². The second kappa shape index (κ2) is 6.22. The van der Waals surface area contributed by atoms with Crippen molar-refractivity contribution in [2.75, 3.05) is 0 Å². The Balaban J connectivity index is 1.89. The monoisotopic (exact) mass is 348 g/mol. The van der Waals surface area contributed by atoms with Gasteiger partial charge in [0.1, 0.15) is 5.82 Å². The van der Waals surface area contributed by atoms with E-state index in [1.807, 2.05) is 84.9 Å². The molecule has 0 aliphatic rings. The van der Waals surface area contributed by atoms with E-state index in [1.165, 1.54) is 0 Å². The smallest absolute Gasteiger partial charge is 0.266 e. The van der Waals surface area contributed by atoms with Gasteiger partial charge in [-0.3, -0.25) is 9.36 Å². The average Bonchev–Trinajstić information content (AvgIpc) is 2.74. The Hall–Kier alpha value is -3.72. The molecule has 3 nitrogen and oxygen atoms in total. The third-order valence-corrected chi connectivity index (χ3v) is 4.80. The molecule has 0 amide bonds. The maximum absolute atomic E-state index is 13.4. The maximum atomic E-state index is 13.4. The van der Waals surface area contributed by atoms with Crippen LogP contribution in [0.3, 0.4) is 0 Å². The van der Waals surface area contributed by atoms with Crippen LogP contribution in [0.25, 0.3) is 38.8 Å². The van der Waals surface area contributed by atoms with E-state index < -0.39 is 0 Å². The fourth-order valence-corrected chi connectivity index (χ4v) is 3.47. The highest BCUT2D eigenvalue weighted by atomic mass is 16.1. The van der Waals surface area contributed by atoms with Crippen LogP contribution in [0.2, 0.25) is 0 Å². The molecule has 128 valence electrons. The van der Waals surface area contributed by atoms with E-state index in [-0.39, 0.29) is 5.56 Å². The molecule has 0 aliphatic heterocycles. The van der Waals surface area contributed by atoms with E-state index in [4.69, 9.17) is 4.98 Å². The Kier molecular flexibility index (Phi) is 3.58. The molecule has 0 unspecified atom stereocenters. The van der Waals surface area contributed by atoms with Crippen LogP contribution in [0.15, 0.2) is 102 Å². The molecule has 3 heteroatoms. The number of benzene rings is 4. The Morgan fingerprint density at radius 2 is 1.37 bits per heavy atom. The van der Waals surface area contributed by atoms with Crippen molar-refractivity contribution in [3.8, 4) is 17.1 Å². The summed E-state index contributed by atoms with van der Waals surface area (Å²) in [6.07, 6.45) is 0. The van der Waals surface area contributed by atoms with E-state index in [0.29, 0.717) is 16.7 Å². The molecule has 0 N–H and O–H groups in total. The highest BCUT2D eigenvalue weighted by Crippen LogP contribution is 2.24. The largest absolute Gasteiger partial charge is 0.268 e. The SMILES string of the molecule is O=c1c2ccccc2nc(-c2ccccc2)n1-c1ccc2ccccc2c1. The molecule has 0 atom stereocenters. The first-order valence-electron chi connectivity index (χ1n) is 8.88. The summed E-state index contributed by atoms with van der Waals surface area (Å²) in [5, 5.41) is 2.85. The van der Waals surface area contributed by atoms with Gasteiger partial charge in [-0.15, -0.1) is 0 Å². The number of fused-ring (bicyclic) bond motifs is 2. The molecular formula is C24H16N2O. The van der Waals surface area contributed by atoms with Gasteiger partial charge < -0.3 is 0 Å². The van der Waals surface area contributed by atoms with E-state index >= 15 is 0 Å². The molecule has 0 radical (unpaired) electrons. The Bertz CT molecular complexity index is 1340. The summed E-state index contributed by atoms with van der Waals surface area (Å²) < 4.78 is 1.71. The van der Waals surface area contributed by atoms with Gasteiger partial charge in [-0.2, -0.15) is 0 Å². The van der Waals surface area contributed by atoms with E-state index in [0.717, 1.165) is 22.0 Å². The van der Waals surface area contributed by atoms with Gasteiger partial charge in [0, 0.05) is 5.56 Å². The Morgan fingerprint density at radius 3 is 2.22 bits per heavy atom. The number of hydrogen-bond donors (Lipinski definition) is 0.